The van der Waals surface area contributed by atoms with Gasteiger partial charge in [0.25, 0.3) is 0 Å². The van der Waals surface area contributed by atoms with E-state index in [-0.39, 0.29) is 0 Å². The van der Waals surface area contributed by atoms with E-state index in [2.05, 4.69) is 41.4 Å². The molecule has 0 aliphatic heterocycles. The van der Waals surface area contributed by atoms with Crippen LogP contribution in [-0.2, 0) is 6.54 Å². The van der Waals surface area contributed by atoms with Crippen molar-refractivity contribution in [2.45, 2.75) is 26.3 Å². The third-order valence-electron chi connectivity index (χ3n) is 4.56. The Morgan fingerprint density at radius 1 is 0.893 bits per heavy atom. The Morgan fingerprint density at radius 2 is 1.46 bits per heavy atom. The average molecular weight is 388 g/mol. The van der Waals surface area contributed by atoms with E-state index < -0.39 is 0 Å². The second-order valence-corrected chi connectivity index (χ2v) is 6.94. The number of aromatic amines is 1. The van der Waals surface area contributed by atoms with E-state index in [9.17, 15) is 0 Å². The average Bonchev–Trinajstić information content (AvgIpc) is 3.13. The number of H-pyrrole nitrogens is 1. The molecule has 4 aromatic rings. The molecule has 140 valence electrons. The van der Waals surface area contributed by atoms with Gasteiger partial charge in [0, 0.05) is 17.7 Å². The number of aromatic nitrogens is 5. The molecule has 0 unspecified atom stereocenters. The van der Waals surface area contributed by atoms with E-state index in [4.69, 9.17) is 22.2 Å². The topological polar surface area (TPSA) is 59.4 Å². The molecule has 4 rings (SSSR count). The summed E-state index contributed by atoms with van der Waals surface area (Å²) in [5, 5.41) is 7.33. The molecule has 2 aromatic heterocycles. The largest absolute Gasteiger partial charge is 0.298 e. The molecule has 0 aliphatic carbocycles. The molecule has 0 aliphatic rings. The Balaban J connectivity index is 1.89. The quantitative estimate of drug-likeness (QED) is 0.442. The maximum Gasteiger partial charge on any atom is 0.200 e. The lowest BCUT2D eigenvalue weighted by atomic mass is 10.1. The molecule has 0 amide bonds. The maximum absolute atomic E-state index is 5.43. The molecular formula is C22H21N5S. The van der Waals surface area contributed by atoms with Crippen LogP contribution in [0.15, 0.2) is 66.7 Å². The van der Waals surface area contributed by atoms with Crippen molar-refractivity contribution >= 4 is 12.2 Å². The Kier molecular flexibility index (Phi) is 5.39. The van der Waals surface area contributed by atoms with E-state index in [0.717, 1.165) is 41.9 Å². The van der Waals surface area contributed by atoms with Crippen molar-refractivity contribution < 1.29 is 0 Å². The highest BCUT2D eigenvalue weighted by Gasteiger charge is 2.15. The van der Waals surface area contributed by atoms with Crippen LogP contribution >= 0.6 is 12.2 Å². The van der Waals surface area contributed by atoms with Crippen LogP contribution in [0.2, 0.25) is 0 Å². The molecule has 0 saturated carbocycles. The molecule has 0 spiro atoms. The molecule has 6 heteroatoms. The van der Waals surface area contributed by atoms with Gasteiger partial charge in [-0.05, 0) is 24.7 Å². The predicted molar refractivity (Wildman–Crippen MR) is 114 cm³/mol. The normalized spacial score (nSPS) is 10.9. The Bertz CT molecular complexity index is 1060. The van der Waals surface area contributed by atoms with Crippen molar-refractivity contribution in [2.24, 2.45) is 0 Å². The van der Waals surface area contributed by atoms with Crippen LogP contribution in [0.25, 0.3) is 34.2 Å². The van der Waals surface area contributed by atoms with Gasteiger partial charge in [-0.25, -0.2) is 9.97 Å². The van der Waals surface area contributed by atoms with Crippen LogP contribution in [0.3, 0.4) is 0 Å². The number of rotatable bonds is 6. The summed E-state index contributed by atoms with van der Waals surface area (Å²) in [5.41, 5.74) is 3.80. The lowest BCUT2D eigenvalue weighted by molar-refractivity contribution is 0.627. The summed E-state index contributed by atoms with van der Waals surface area (Å²) in [6.45, 7) is 2.95. The van der Waals surface area contributed by atoms with Crippen LogP contribution in [0.5, 0.6) is 0 Å². The number of nitrogens with one attached hydrogen (secondary N) is 1. The van der Waals surface area contributed by atoms with Gasteiger partial charge in [-0.2, -0.15) is 5.10 Å². The van der Waals surface area contributed by atoms with Gasteiger partial charge in [0.2, 0.25) is 0 Å². The molecule has 0 fully saturated rings. The smallest absolute Gasteiger partial charge is 0.200 e. The fraction of sp³-hybridized carbons (Fsp3) is 0.182. The van der Waals surface area contributed by atoms with E-state index >= 15 is 0 Å². The van der Waals surface area contributed by atoms with Gasteiger partial charge >= 0.3 is 0 Å². The number of hydrogen-bond acceptors (Lipinski definition) is 4. The predicted octanol–water partition coefficient (Wildman–Crippen LogP) is 5.53. The minimum atomic E-state index is 0.573. The third-order valence-corrected chi connectivity index (χ3v) is 4.87. The van der Waals surface area contributed by atoms with Gasteiger partial charge in [0.1, 0.15) is 0 Å². The van der Waals surface area contributed by atoms with E-state index in [0.29, 0.717) is 16.4 Å². The van der Waals surface area contributed by atoms with Crippen molar-refractivity contribution in [1.82, 2.24) is 24.7 Å². The molecule has 28 heavy (non-hydrogen) atoms. The van der Waals surface area contributed by atoms with Crippen LogP contribution < -0.4 is 0 Å². The van der Waals surface area contributed by atoms with Crippen LogP contribution in [0.4, 0.5) is 0 Å². The Hall–Kier alpha value is -3.12. The molecular weight excluding hydrogens is 366 g/mol. The highest BCUT2D eigenvalue weighted by molar-refractivity contribution is 7.71. The lowest BCUT2D eigenvalue weighted by Gasteiger charge is -2.10. The van der Waals surface area contributed by atoms with Gasteiger partial charge in [0.15, 0.2) is 16.4 Å². The number of hydrogen-bond donors (Lipinski definition) is 1. The zero-order chi connectivity index (χ0) is 19.3. The highest BCUT2D eigenvalue weighted by Crippen LogP contribution is 2.26. The zero-order valence-corrected chi connectivity index (χ0v) is 16.5. The summed E-state index contributed by atoms with van der Waals surface area (Å²) in [4.78, 5) is 9.64. The van der Waals surface area contributed by atoms with Crippen LogP contribution in [0, 0.1) is 4.77 Å². The Morgan fingerprint density at radius 3 is 2.00 bits per heavy atom. The molecule has 0 saturated heterocycles. The molecule has 0 radical (unpaired) electrons. The molecule has 5 nitrogen and oxygen atoms in total. The number of benzene rings is 2. The summed E-state index contributed by atoms with van der Waals surface area (Å²) >= 11 is 5.43. The monoisotopic (exact) mass is 387 g/mol. The van der Waals surface area contributed by atoms with Crippen molar-refractivity contribution in [3.63, 3.8) is 0 Å². The standard InChI is InChI=1S/C22H21N5S/c1-2-3-14-27-21(25-26-22(27)28)20-23-18(16-10-6-4-7-11-16)15-19(24-20)17-12-8-5-9-13-17/h4-13,15H,2-3,14H2,1H3,(H,26,28). The van der Waals surface area contributed by atoms with E-state index in [1.807, 2.05) is 47.0 Å². The minimum Gasteiger partial charge on any atom is -0.298 e. The number of nitrogens with zero attached hydrogens (tertiary/aromatic N) is 4. The van der Waals surface area contributed by atoms with Crippen LogP contribution in [0.1, 0.15) is 19.8 Å². The molecule has 2 aromatic carbocycles. The minimum absolute atomic E-state index is 0.573. The highest BCUT2D eigenvalue weighted by atomic mass is 32.1. The molecule has 0 bridgehead atoms. The SMILES string of the molecule is CCCCn1c(-c2nc(-c3ccccc3)cc(-c3ccccc3)n2)n[nH]c1=S. The zero-order valence-electron chi connectivity index (χ0n) is 15.7. The van der Waals surface area contributed by atoms with Gasteiger partial charge in [-0.3, -0.25) is 9.67 Å². The molecule has 0 atom stereocenters. The van der Waals surface area contributed by atoms with Gasteiger partial charge < -0.3 is 0 Å². The summed E-state index contributed by atoms with van der Waals surface area (Å²) in [5.74, 6) is 1.25. The van der Waals surface area contributed by atoms with Crippen molar-refractivity contribution in [2.75, 3.05) is 0 Å². The first-order valence-corrected chi connectivity index (χ1v) is 9.82. The second kappa shape index (κ2) is 8.27. The first-order valence-electron chi connectivity index (χ1n) is 9.42. The van der Waals surface area contributed by atoms with Crippen molar-refractivity contribution in [3.8, 4) is 34.2 Å². The van der Waals surface area contributed by atoms with E-state index in [1.54, 1.807) is 0 Å². The van der Waals surface area contributed by atoms with Gasteiger partial charge in [-0.1, -0.05) is 74.0 Å². The summed E-state index contributed by atoms with van der Waals surface area (Å²) in [6, 6.07) is 22.3. The summed E-state index contributed by atoms with van der Waals surface area (Å²) in [7, 11) is 0. The Labute approximate surface area is 169 Å². The van der Waals surface area contributed by atoms with Crippen LogP contribution in [-0.4, -0.2) is 24.7 Å². The lowest BCUT2D eigenvalue weighted by Crippen LogP contribution is -2.04. The van der Waals surface area contributed by atoms with Crippen molar-refractivity contribution in [1.29, 1.82) is 0 Å². The number of unbranched alkanes of at least 4 members (excludes halogenated alkanes) is 1. The third kappa shape index (κ3) is 3.77. The van der Waals surface area contributed by atoms with Gasteiger partial charge in [-0.15, -0.1) is 0 Å². The summed E-state index contributed by atoms with van der Waals surface area (Å²) in [6.07, 6.45) is 2.09. The summed E-state index contributed by atoms with van der Waals surface area (Å²) < 4.78 is 2.58. The molecule has 1 N–H and O–H groups in total. The first kappa shape index (κ1) is 18.3. The van der Waals surface area contributed by atoms with Gasteiger partial charge in [0.05, 0.1) is 11.4 Å². The first-order chi connectivity index (χ1) is 13.8. The van der Waals surface area contributed by atoms with Crippen molar-refractivity contribution in [3.05, 3.63) is 71.5 Å². The fourth-order valence-electron chi connectivity index (χ4n) is 3.07. The maximum atomic E-state index is 5.43. The van der Waals surface area contributed by atoms with E-state index in [1.165, 1.54) is 0 Å². The second-order valence-electron chi connectivity index (χ2n) is 6.55. The fourth-order valence-corrected chi connectivity index (χ4v) is 3.30. The molecule has 2 heterocycles.